The molecule has 3 heteroatoms. The summed E-state index contributed by atoms with van der Waals surface area (Å²) < 4.78 is 37.4. The third-order valence-corrected chi connectivity index (χ3v) is 4.79. The molecule has 4 bridgehead atoms. The predicted molar refractivity (Wildman–Crippen MR) is 57.0 cm³/mol. The Bertz CT molecular complexity index is 445. The Morgan fingerprint density at radius 2 is 1.59 bits per heavy atom. The molecular formula is C14H12F3+. The van der Waals surface area contributed by atoms with Crippen LogP contribution in [-0.4, -0.2) is 0 Å². The summed E-state index contributed by atoms with van der Waals surface area (Å²) in [6.07, 6.45) is -1.65. The SMILES string of the molecule is FC(F)(F)c1ccc([C+]2C3CC4C(C3)C24)cc1. The molecule has 0 nitrogen and oxygen atoms in total. The fourth-order valence-electron chi connectivity index (χ4n) is 4.11. The van der Waals surface area contributed by atoms with Crippen LogP contribution in [0.4, 0.5) is 13.2 Å². The van der Waals surface area contributed by atoms with Gasteiger partial charge in [0.25, 0.3) is 0 Å². The Balaban J connectivity index is 1.64. The van der Waals surface area contributed by atoms with Crippen molar-refractivity contribution in [2.24, 2.45) is 23.7 Å². The molecule has 0 aliphatic heterocycles. The lowest BCUT2D eigenvalue weighted by molar-refractivity contribution is -0.137. The summed E-state index contributed by atoms with van der Waals surface area (Å²) >= 11 is 0. The van der Waals surface area contributed by atoms with Crippen LogP contribution in [0.5, 0.6) is 0 Å². The summed E-state index contributed by atoms with van der Waals surface area (Å²) in [5.74, 6) is 4.59. The van der Waals surface area contributed by atoms with Crippen LogP contribution < -0.4 is 0 Å². The van der Waals surface area contributed by atoms with Crippen LogP contribution in [0.15, 0.2) is 24.3 Å². The van der Waals surface area contributed by atoms with Crippen molar-refractivity contribution >= 4 is 0 Å². The van der Waals surface area contributed by atoms with Gasteiger partial charge >= 0.3 is 6.18 Å². The van der Waals surface area contributed by atoms with Gasteiger partial charge in [-0.2, -0.15) is 13.2 Å². The summed E-state index contributed by atoms with van der Waals surface area (Å²) in [5, 5.41) is 0. The summed E-state index contributed by atoms with van der Waals surface area (Å²) in [4.78, 5) is 0. The van der Waals surface area contributed by atoms with Crippen molar-refractivity contribution in [2.75, 3.05) is 0 Å². The van der Waals surface area contributed by atoms with Crippen molar-refractivity contribution in [3.8, 4) is 0 Å². The molecule has 0 radical (unpaired) electrons. The van der Waals surface area contributed by atoms with Gasteiger partial charge in [-0.1, -0.05) is 0 Å². The maximum absolute atomic E-state index is 12.5. The molecule has 0 amide bonds. The number of hydrogen-bond donors (Lipinski definition) is 0. The van der Waals surface area contributed by atoms with Crippen LogP contribution in [0, 0.1) is 29.6 Å². The van der Waals surface area contributed by atoms with Crippen molar-refractivity contribution in [2.45, 2.75) is 19.0 Å². The number of alkyl halides is 3. The molecule has 4 aliphatic rings. The normalized spacial score (nSPS) is 37.7. The van der Waals surface area contributed by atoms with E-state index in [1.165, 1.54) is 30.9 Å². The van der Waals surface area contributed by atoms with Gasteiger partial charge < -0.3 is 0 Å². The fourth-order valence-corrected chi connectivity index (χ4v) is 4.11. The first-order chi connectivity index (χ1) is 8.05. The summed E-state index contributed by atoms with van der Waals surface area (Å²) in [6, 6.07) is 5.76. The van der Waals surface area contributed by atoms with E-state index >= 15 is 0 Å². The minimum absolute atomic E-state index is 0.542. The first-order valence-electron chi connectivity index (χ1n) is 6.10. The molecule has 4 saturated carbocycles. The fraction of sp³-hybridized carbons (Fsp3) is 0.500. The lowest BCUT2D eigenvalue weighted by Gasteiger charge is -2.09. The second-order valence-corrected chi connectivity index (χ2v) is 5.55. The Labute approximate surface area is 97.8 Å². The third-order valence-electron chi connectivity index (χ3n) is 4.79. The van der Waals surface area contributed by atoms with E-state index in [0.717, 1.165) is 23.3 Å². The highest BCUT2D eigenvalue weighted by molar-refractivity contribution is 5.45. The van der Waals surface area contributed by atoms with Gasteiger partial charge in [0.2, 0.25) is 0 Å². The quantitative estimate of drug-likeness (QED) is 0.649. The zero-order valence-corrected chi connectivity index (χ0v) is 9.17. The van der Waals surface area contributed by atoms with Gasteiger partial charge in [0.15, 0.2) is 0 Å². The number of rotatable bonds is 1. The highest BCUT2D eigenvalue weighted by Crippen LogP contribution is 2.75. The lowest BCUT2D eigenvalue weighted by Crippen LogP contribution is -2.07. The molecule has 1 aromatic rings. The highest BCUT2D eigenvalue weighted by atomic mass is 19.4. The Morgan fingerprint density at radius 1 is 1.00 bits per heavy atom. The van der Waals surface area contributed by atoms with Gasteiger partial charge in [0.1, 0.15) is 5.56 Å². The average molecular weight is 237 g/mol. The summed E-state index contributed by atoms with van der Waals surface area (Å²) in [6.45, 7) is 0. The maximum Gasteiger partial charge on any atom is 0.418 e. The zero-order valence-electron chi connectivity index (χ0n) is 9.17. The van der Waals surface area contributed by atoms with E-state index in [9.17, 15) is 13.2 Å². The molecule has 0 N–H and O–H groups in total. The first kappa shape index (κ1) is 9.86. The molecule has 0 saturated heterocycles. The molecule has 0 heterocycles. The van der Waals surface area contributed by atoms with Crippen molar-refractivity contribution in [3.05, 3.63) is 41.3 Å². The average Bonchev–Trinajstić information content (AvgIpc) is 2.73. The second kappa shape index (κ2) is 2.82. The van der Waals surface area contributed by atoms with Crippen molar-refractivity contribution in [3.63, 3.8) is 0 Å². The lowest BCUT2D eigenvalue weighted by atomic mass is 9.90. The number of benzene rings is 1. The minimum Gasteiger partial charge on any atom is -0.166 e. The zero-order chi connectivity index (χ0) is 11.8. The molecule has 5 rings (SSSR count). The topological polar surface area (TPSA) is 0 Å². The molecule has 4 fully saturated rings. The van der Waals surface area contributed by atoms with Crippen LogP contribution in [0.1, 0.15) is 24.0 Å². The smallest absolute Gasteiger partial charge is 0.166 e. The Morgan fingerprint density at radius 3 is 2.00 bits per heavy atom. The van der Waals surface area contributed by atoms with E-state index in [4.69, 9.17) is 0 Å². The van der Waals surface area contributed by atoms with Crippen LogP contribution in [0.3, 0.4) is 0 Å². The van der Waals surface area contributed by atoms with Gasteiger partial charge in [-0.15, -0.1) is 0 Å². The Hall–Kier alpha value is -1.12. The maximum atomic E-state index is 12.5. The summed E-state index contributed by atoms with van der Waals surface area (Å²) in [7, 11) is 0. The molecule has 2 atom stereocenters. The molecule has 1 aromatic carbocycles. The van der Waals surface area contributed by atoms with Crippen molar-refractivity contribution in [1.82, 2.24) is 0 Å². The first-order valence-corrected chi connectivity index (χ1v) is 6.10. The Kier molecular flexibility index (Phi) is 1.64. The number of hydrogen-bond acceptors (Lipinski definition) is 0. The molecule has 2 unspecified atom stereocenters. The van der Waals surface area contributed by atoms with Crippen LogP contribution in [0.2, 0.25) is 0 Å². The van der Waals surface area contributed by atoms with Crippen molar-refractivity contribution < 1.29 is 13.2 Å². The van der Waals surface area contributed by atoms with Gasteiger partial charge in [-0.25, -0.2) is 0 Å². The van der Waals surface area contributed by atoms with E-state index in [0.29, 0.717) is 5.92 Å². The van der Waals surface area contributed by atoms with E-state index < -0.39 is 11.7 Å². The molecular weight excluding hydrogens is 225 g/mol. The molecule has 0 aromatic heterocycles. The predicted octanol–water partition coefficient (Wildman–Crippen LogP) is 3.91. The molecule has 4 aliphatic carbocycles. The summed E-state index contributed by atoms with van der Waals surface area (Å²) in [5.41, 5.74) is 0.509. The van der Waals surface area contributed by atoms with E-state index in [2.05, 4.69) is 0 Å². The van der Waals surface area contributed by atoms with Gasteiger partial charge in [-0.05, 0) is 24.7 Å². The molecule has 0 spiro atoms. The number of halogens is 3. The second-order valence-electron chi connectivity index (χ2n) is 5.55. The van der Waals surface area contributed by atoms with E-state index in [1.807, 2.05) is 0 Å². The minimum atomic E-state index is -4.22. The monoisotopic (exact) mass is 237 g/mol. The van der Waals surface area contributed by atoms with Crippen LogP contribution >= 0.6 is 0 Å². The molecule has 17 heavy (non-hydrogen) atoms. The van der Waals surface area contributed by atoms with Crippen LogP contribution in [-0.2, 0) is 6.18 Å². The van der Waals surface area contributed by atoms with Crippen molar-refractivity contribution in [1.29, 1.82) is 0 Å². The largest absolute Gasteiger partial charge is 0.418 e. The highest BCUT2D eigenvalue weighted by Gasteiger charge is 2.72. The van der Waals surface area contributed by atoms with Gasteiger partial charge in [0, 0.05) is 42.0 Å². The van der Waals surface area contributed by atoms with E-state index in [1.54, 1.807) is 12.1 Å². The standard InChI is InChI=1S/C14H12F3/c15-14(16,17)9-3-1-7(2-4-9)12-8-5-10-11(6-8)13(10)12/h1-4,8,10-11,13H,5-6H2/q+1. The van der Waals surface area contributed by atoms with Gasteiger partial charge in [0.05, 0.1) is 5.56 Å². The van der Waals surface area contributed by atoms with Crippen LogP contribution in [0.25, 0.3) is 0 Å². The molecule has 88 valence electrons. The van der Waals surface area contributed by atoms with Gasteiger partial charge in [-0.3, -0.25) is 0 Å². The van der Waals surface area contributed by atoms with E-state index in [-0.39, 0.29) is 0 Å². The third kappa shape index (κ3) is 1.23.